The van der Waals surface area contributed by atoms with Gasteiger partial charge in [-0.05, 0) is 49.2 Å². The molecule has 0 bridgehead atoms. The van der Waals surface area contributed by atoms with Crippen LogP contribution in [-0.4, -0.2) is 59.7 Å². The second-order valence-corrected chi connectivity index (χ2v) is 8.53. The number of sulfonamides is 1. The Morgan fingerprint density at radius 3 is 2.55 bits per heavy atom. The highest BCUT2D eigenvalue weighted by atomic mass is 32.2. The summed E-state index contributed by atoms with van der Waals surface area (Å²) in [5.41, 5.74) is 2.15. The highest BCUT2D eigenvalue weighted by molar-refractivity contribution is 7.89. The molecule has 0 aliphatic rings. The van der Waals surface area contributed by atoms with E-state index in [1.165, 1.54) is 24.1 Å². The third kappa shape index (κ3) is 6.56. The van der Waals surface area contributed by atoms with Crippen molar-refractivity contribution in [2.24, 2.45) is 0 Å². The van der Waals surface area contributed by atoms with Gasteiger partial charge in [-0.1, -0.05) is 18.2 Å². The second kappa shape index (κ2) is 10.4. The van der Waals surface area contributed by atoms with E-state index in [-0.39, 0.29) is 24.0 Å². The number of methoxy groups -OCH3 is 1. The molecule has 0 radical (unpaired) electrons. The Hall–Kier alpha value is -2.42. The first kappa shape index (κ1) is 22.9. The Morgan fingerprint density at radius 2 is 1.86 bits per heavy atom. The van der Waals surface area contributed by atoms with Crippen molar-refractivity contribution in [3.8, 4) is 5.75 Å². The lowest BCUT2D eigenvalue weighted by Gasteiger charge is -2.19. The molecule has 1 N–H and O–H groups in total. The highest BCUT2D eigenvalue weighted by Gasteiger charge is 2.19. The van der Waals surface area contributed by atoms with Crippen molar-refractivity contribution in [1.29, 1.82) is 0 Å². The average molecular weight is 421 g/mol. The zero-order chi connectivity index (χ0) is 21.4. The maximum absolute atomic E-state index is 12.8. The number of carbonyl (C=O) groups is 1. The van der Waals surface area contributed by atoms with Crippen LogP contribution in [0.3, 0.4) is 0 Å². The smallest absolute Gasteiger partial charge is 0.254 e. The molecule has 0 spiro atoms. The summed E-state index contributed by atoms with van der Waals surface area (Å²) in [4.78, 5) is 14.4. The Labute approximate surface area is 172 Å². The number of nitrogens with one attached hydrogen (secondary N) is 1. The van der Waals surface area contributed by atoms with E-state index < -0.39 is 10.0 Å². The highest BCUT2D eigenvalue weighted by Crippen LogP contribution is 2.17. The zero-order valence-corrected chi connectivity index (χ0v) is 18.1. The zero-order valence-electron chi connectivity index (χ0n) is 17.3. The Bertz CT molecular complexity index is 944. The molecule has 8 heteroatoms. The van der Waals surface area contributed by atoms with Crippen molar-refractivity contribution >= 4 is 15.9 Å². The van der Waals surface area contributed by atoms with Gasteiger partial charge in [0, 0.05) is 26.3 Å². The summed E-state index contributed by atoms with van der Waals surface area (Å²) < 4.78 is 37.8. The van der Waals surface area contributed by atoms with Crippen molar-refractivity contribution in [2.45, 2.75) is 18.7 Å². The molecule has 0 fully saturated rings. The predicted molar refractivity (Wildman–Crippen MR) is 112 cm³/mol. The molecule has 0 aliphatic carbocycles. The maximum atomic E-state index is 12.8. The molecule has 0 atom stereocenters. The normalized spacial score (nSPS) is 11.3. The number of likely N-dealkylation sites (N-methyl/N-ethyl adjacent to an activating group) is 1. The Balaban J connectivity index is 2.05. The van der Waals surface area contributed by atoms with Gasteiger partial charge in [-0.15, -0.1) is 0 Å². The van der Waals surface area contributed by atoms with E-state index >= 15 is 0 Å². The lowest BCUT2D eigenvalue weighted by Crippen LogP contribution is -2.32. The quantitative estimate of drug-likeness (QED) is 0.597. The molecule has 2 rings (SSSR count). The fourth-order valence-corrected chi connectivity index (χ4v) is 3.71. The molecule has 0 heterocycles. The number of aryl methyl sites for hydroxylation is 2. The van der Waals surface area contributed by atoms with E-state index in [0.717, 1.165) is 11.3 Å². The van der Waals surface area contributed by atoms with Crippen molar-refractivity contribution < 1.29 is 22.7 Å². The first-order valence-corrected chi connectivity index (χ1v) is 10.8. The average Bonchev–Trinajstić information content (AvgIpc) is 2.67. The van der Waals surface area contributed by atoms with E-state index in [9.17, 15) is 13.2 Å². The number of ether oxygens (including phenoxy) is 2. The summed E-state index contributed by atoms with van der Waals surface area (Å²) in [7, 11) is -0.552. The number of nitrogens with zero attached hydrogens (tertiary/aromatic N) is 1. The molecule has 2 aromatic rings. The summed E-state index contributed by atoms with van der Waals surface area (Å²) in [5.74, 6) is 0.488. The van der Waals surface area contributed by atoms with Gasteiger partial charge in [-0.25, -0.2) is 13.1 Å². The topological polar surface area (TPSA) is 84.9 Å². The van der Waals surface area contributed by atoms with Crippen LogP contribution >= 0.6 is 0 Å². The summed E-state index contributed by atoms with van der Waals surface area (Å²) in [6, 6.07) is 12.2. The summed E-state index contributed by atoms with van der Waals surface area (Å²) in [6.45, 7) is 4.89. The molecule has 0 aromatic heterocycles. The first-order valence-electron chi connectivity index (χ1n) is 9.29. The van der Waals surface area contributed by atoms with Crippen molar-refractivity contribution in [1.82, 2.24) is 9.62 Å². The first-order chi connectivity index (χ1) is 13.7. The molecule has 158 valence electrons. The van der Waals surface area contributed by atoms with Gasteiger partial charge in [0.2, 0.25) is 10.0 Å². The van der Waals surface area contributed by atoms with Crippen LogP contribution in [0.15, 0.2) is 47.4 Å². The minimum atomic E-state index is -3.71. The molecule has 0 aliphatic heterocycles. The van der Waals surface area contributed by atoms with Gasteiger partial charge in [0.15, 0.2) is 0 Å². The SMILES string of the molecule is COCCNS(=O)(=O)c1ccc(C)c(C(=O)N(C)CCOc2cccc(C)c2)c1. The van der Waals surface area contributed by atoms with E-state index in [4.69, 9.17) is 9.47 Å². The minimum absolute atomic E-state index is 0.0481. The Kier molecular flexibility index (Phi) is 8.19. The predicted octanol–water partition coefficient (Wildman–Crippen LogP) is 2.38. The van der Waals surface area contributed by atoms with E-state index in [0.29, 0.717) is 24.3 Å². The van der Waals surface area contributed by atoms with Gasteiger partial charge in [0.05, 0.1) is 18.0 Å². The molecule has 0 unspecified atom stereocenters. The third-order valence-electron chi connectivity index (χ3n) is 4.38. The van der Waals surface area contributed by atoms with Crippen LogP contribution in [0.1, 0.15) is 21.5 Å². The van der Waals surface area contributed by atoms with Crippen LogP contribution in [0.25, 0.3) is 0 Å². The van der Waals surface area contributed by atoms with Crippen LogP contribution in [-0.2, 0) is 14.8 Å². The fourth-order valence-electron chi connectivity index (χ4n) is 2.67. The monoisotopic (exact) mass is 420 g/mol. The lowest BCUT2D eigenvalue weighted by molar-refractivity contribution is 0.0772. The van der Waals surface area contributed by atoms with Gasteiger partial charge in [-0.2, -0.15) is 0 Å². The van der Waals surface area contributed by atoms with Crippen LogP contribution in [0.5, 0.6) is 5.75 Å². The molecular weight excluding hydrogens is 392 g/mol. The van der Waals surface area contributed by atoms with Crippen LogP contribution in [0, 0.1) is 13.8 Å². The van der Waals surface area contributed by atoms with E-state index in [2.05, 4.69) is 4.72 Å². The third-order valence-corrected chi connectivity index (χ3v) is 5.84. The summed E-state index contributed by atoms with van der Waals surface area (Å²) in [6.07, 6.45) is 0. The number of rotatable bonds is 10. The van der Waals surface area contributed by atoms with Crippen LogP contribution < -0.4 is 9.46 Å². The number of hydrogen-bond acceptors (Lipinski definition) is 5. The van der Waals surface area contributed by atoms with Crippen LogP contribution in [0.4, 0.5) is 0 Å². The fraction of sp³-hybridized carbons (Fsp3) is 0.381. The molecule has 1 amide bonds. The van der Waals surface area contributed by atoms with E-state index in [1.807, 2.05) is 31.2 Å². The largest absolute Gasteiger partial charge is 0.492 e. The van der Waals surface area contributed by atoms with Gasteiger partial charge in [0.1, 0.15) is 12.4 Å². The Morgan fingerprint density at radius 1 is 1.10 bits per heavy atom. The van der Waals surface area contributed by atoms with Crippen LogP contribution in [0.2, 0.25) is 0 Å². The van der Waals surface area contributed by atoms with Crippen molar-refractivity contribution in [3.63, 3.8) is 0 Å². The van der Waals surface area contributed by atoms with Crippen molar-refractivity contribution in [3.05, 3.63) is 59.2 Å². The number of amides is 1. The lowest BCUT2D eigenvalue weighted by atomic mass is 10.1. The van der Waals surface area contributed by atoms with Crippen molar-refractivity contribution in [2.75, 3.05) is 40.5 Å². The number of carbonyl (C=O) groups excluding carboxylic acids is 1. The summed E-state index contributed by atoms with van der Waals surface area (Å²) in [5, 5.41) is 0. The standard InChI is InChI=1S/C21H28N2O5S/c1-16-6-5-7-18(14-16)28-13-11-23(3)21(24)20-15-19(9-8-17(20)2)29(25,26)22-10-12-27-4/h5-9,14-15,22H,10-13H2,1-4H3. The second-order valence-electron chi connectivity index (χ2n) is 6.76. The van der Waals surface area contributed by atoms with Gasteiger partial charge < -0.3 is 14.4 Å². The number of hydrogen-bond donors (Lipinski definition) is 1. The van der Waals surface area contributed by atoms with E-state index in [1.54, 1.807) is 20.0 Å². The van der Waals surface area contributed by atoms with Gasteiger partial charge >= 0.3 is 0 Å². The molecule has 29 heavy (non-hydrogen) atoms. The molecule has 0 saturated carbocycles. The van der Waals surface area contributed by atoms with Gasteiger partial charge in [0.25, 0.3) is 5.91 Å². The van der Waals surface area contributed by atoms with Gasteiger partial charge in [-0.3, -0.25) is 4.79 Å². The minimum Gasteiger partial charge on any atom is -0.492 e. The summed E-state index contributed by atoms with van der Waals surface area (Å²) >= 11 is 0. The molecule has 2 aromatic carbocycles. The maximum Gasteiger partial charge on any atom is 0.254 e. The molecular formula is C21H28N2O5S. The number of benzene rings is 2. The molecule has 0 saturated heterocycles. The molecule has 7 nitrogen and oxygen atoms in total.